The quantitative estimate of drug-likeness (QED) is 0.936. The van der Waals surface area contributed by atoms with Gasteiger partial charge in [-0.2, -0.15) is 5.10 Å². The first-order valence-corrected chi connectivity index (χ1v) is 8.85. The lowest BCUT2D eigenvalue weighted by atomic mass is 9.91. The zero-order chi connectivity index (χ0) is 16.5. The smallest absolute Gasteiger partial charge is 0.267 e. The van der Waals surface area contributed by atoms with Gasteiger partial charge in [-0.1, -0.05) is 0 Å². The van der Waals surface area contributed by atoms with Gasteiger partial charge < -0.3 is 5.32 Å². The Labute approximate surface area is 141 Å². The van der Waals surface area contributed by atoms with Gasteiger partial charge in [0.1, 0.15) is 11.6 Å². The molecule has 6 heteroatoms. The molecule has 2 aliphatic carbocycles. The van der Waals surface area contributed by atoms with E-state index in [1.54, 1.807) is 16.8 Å². The maximum absolute atomic E-state index is 12.0. The van der Waals surface area contributed by atoms with Crippen molar-refractivity contribution in [2.45, 2.75) is 63.5 Å². The Balaban J connectivity index is 1.38. The van der Waals surface area contributed by atoms with Crippen molar-refractivity contribution in [1.29, 1.82) is 0 Å². The van der Waals surface area contributed by atoms with Crippen molar-refractivity contribution in [2.24, 2.45) is 0 Å². The first-order valence-electron chi connectivity index (χ1n) is 8.85. The van der Waals surface area contributed by atoms with E-state index in [-0.39, 0.29) is 11.6 Å². The van der Waals surface area contributed by atoms with Gasteiger partial charge >= 0.3 is 0 Å². The van der Waals surface area contributed by atoms with Crippen LogP contribution in [0, 0.1) is 6.92 Å². The molecule has 0 spiro atoms. The number of aryl methyl sites for hydroxylation is 1. The van der Waals surface area contributed by atoms with Crippen molar-refractivity contribution < 1.29 is 0 Å². The zero-order valence-electron chi connectivity index (χ0n) is 14.0. The van der Waals surface area contributed by atoms with Gasteiger partial charge in [0, 0.05) is 24.2 Å². The van der Waals surface area contributed by atoms with Crippen LogP contribution in [-0.4, -0.2) is 25.8 Å². The van der Waals surface area contributed by atoms with Gasteiger partial charge in [-0.25, -0.2) is 14.6 Å². The summed E-state index contributed by atoms with van der Waals surface area (Å²) >= 11 is 0. The summed E-state index contributed by atoms with van der Waals surface area (Å²) < 4.78 is 1.67. The standard InChI is InChI=1S/C18H23N5O/c1-12-2-9-17(24)23(22-12)15-7-5-14(6-8-15)20-16-10-11-19-18(21-16)13-3-4-13/h2,9-11,13-15H,3-8H2,1H3,(H,19,20,21). The molecule has 0 radical (unpaired) electrons. The average Bonchev–Trinajstić information content (AvgIpc) is 3.43. The minimum absolute atomic E-state index is 0.00175. The predicted molar refractivity (Wildman–Crippen MR) is 92.2 cm³/mol. The van der Waals surface area contributed by atoms with E-state index < -0.39 is 0 Å². The van der Waals surface area contributed by atoms with Crippen LogP contribution in [0.15, 0.2) is 29.2 Å². The van der Waals surface area contributed by atoms with Crippen LogP contribution >= 0.6 is 0 Å². The Hall–Kier alpha value is -2.24. The van der Waals surface area contributed by atoms with Gasteiger partial charge in [-0.05, 0) is 57.6 Å². The van der Waals surface area contributed by atoms with Crippen molar-refractivity contribution >= 4 is 5.82 Å². The van der Waals surface area contributed by atoms with E-state index >= 15 is 0 Å². The summed E-state index contributed by atoms with van der Waals surface area (Å²) in [7, 11) is 0. The lowest BCUT2D eigenvalue weighted by Gasteiger charge is -2.30. The molecule has 0 bridgehead atoms. The Bertz CT molecular complexity index is 775. The summed E-state index contributed by atoms with van der Waals surface area (Å²) in [6.07, 6.45) is 8.26. The second-order valence-electron chi connectivity index (χ2n) is 6.98. The molecule has 0 unspecified atom stereocenters. The van der Waals surface area contributed by atoms with E-state index in [0.29, 0.717) is 12.0 Å². The molecule has 0 saturated heterocycles. The number of anilines is 1. The summed E-state index contributed by atoms with van der Waals surface area (Å²) in [6, 6.07) is 5.96. The highest BCUT2D eigenvalue weighted by Gasteiger charge is 2.27. The van der Waals surface area contributed by atoms with Crippen molar-refractivity contribution in [3.05, 3.63) is 46.3 Å². The number of aromatic nitrogens is 4. The van der Waals surface area contributed by atoms with Crippen molar-refractivity contribution in [2.75, 3.05) is 5.32 Å². The van der Waals surface area contributed by atoms with Gasteiger partial charge in [0.15, 0.2) is 0 Å². The lowest BCUT2D eigenvalue weighted by molar-refractivity contribution is 0.302. The molecule has 0 atom stereocenters. The first kappa shape index (κ1) is 15.3. The highest BCUT2D eigenvalue weighted by Crippen LogP contribution is 2.38. The van der Waals surface area contributed by atoms with E-state index in [4.69, 9.17) is 0 Å². The van der Waals surface area contributed by atoms with Gasteiger partial charge in [0.2, 0.25) is 0 Å². The van der Waals surface area contributed by atoms with E-state index in [2.05, 4.69) is 20.4 Å². The van der Waals surface area contributed by atoms with Gasteiger partial charge in [0.25, 0.3) is 5.56 Å². The molecule has 4 rings (SSSR count). The van der Waals surface area contributed by atoms with Crippen LogP contribution in [0.3, 0.4) is 0 Å². The van der Waals surface area contributed by atoms with Crippen LogP contribution in [0.2, 0.25) is 0 Å². The fourth-order valence-corrected chi connectivity index (χ4v) is 3.45. The van der Waals surface area contributed by atoms with Crippen LogP contribution < -0.4 is 10.9 Å². The Morgan fingerprint density at radius 2 is 1.88 bits per heavy atom. The third-order valence-electron chi connectivity index (χ3n) is 4.97. The second-order valence-corrected chi connectivity index (χ2v) is 6.98. The van der Waals surface area contributed by atoms with E-state index in [1.165, 1.54) is 12.8 Å². The minimum Gasteiger partial charge on any atom is -0.367 e. The lowest BCUT2D eigenvalue weighted by Crippen LogP contribution is -2.33. The Morgan fingerprint density at radius 3 is 2.62 bits per heavy atom. The van der Waals surface area contributed by atoms with E-state index in [9.17, 15) is 4.79 Å². The molecule has 2 aromatic rings. The third kappa shape index (κ3) is 3.32. The summed E-state index contributed by atoms with van der Waals surface area (Å²) in [4.78, 5) is 21.0. The summed E-state index contributed by atoms with van der Waals surface area (Å²) in [6.45, 7) is 1.93. The molecule has 2 aliphatic rings. The van der Waals surface area contributed by atoms with Crippen LogP contribution in [0.4, 0.5) is 5.82 Å². The number of hydrogen-bond acceptors (Lipinski definition) is 5. The number of hydrogen-bond donors (Lipinski definition) is 1. The van der Waals surface area contributed by atoms with E-state index in [0.717, 1.165) is 43.0 Å². The highest BCUT2D eigenvalue weighted by atomic mass is 16.1. The maximum Gasteiger partial charge on any atom is 0.267 e. The molecule has 2 saturated carbocycles. The fourth-order valence-electron chi connectivity index (χ4n) is 3.45. The first-order chi connectivity index (χ1) is 11.7. The Kier molecular flexibility index (Phi) is 4.04. The number of rotatable bonds is 4. The molecule has 2 aromatic heterocycles. The zero-order valence-corrected chi connectivity index (χ0v) is 14.0. The van der Waals surface area contributed by atoms with Crippen LogP contribution in [0.25, 0.3) is 0 Å². The normalized spacial score (nSPS) is 23.9. The maximum atomic E-state index is 12.0. The Morgan fingerprint density at radius 1 is 1.08 bits per heavy atom. The van der Waals surface area contributed by atoms with E-state index in [1.807, 2.05) is 19.2 Å². The molecule has 1 N–H and O–H groups in total. The SMILES string of the molecule is Cc1ccc(=O)n(C2CCC(Nc3ccnc(C4CC4)n3)CC2)n1. The number of nitrogens with zero attached hydrogens (tertiary/aromatic N) is 4. The molecule has 0 aromatic carbocycles. The van der Waals surface area contributed by atoms with Gasteiger partial charge in [-0.15, -0.1) is 0 Å². The summed E-state index contributed by atoms with van der Waals surface area (Å²) in [5.74, 6) is 2.48. The molecule has 2 heterocycles. The summed E-state index contributed by atoms with van der Waals surface area (Å²) in [5.41, 5.74) is 0.894. The highest BCUT2D eigenvalue weighted by molar-refractivity contribution is 5.35. The van der Waals surface area contributed by atoms with Crippen molar-refractivity contribution in [1.82, 2.24) is 19.7 Å². The fraction of sp³-hybridized carbons (Fsp3) is 0.556. The molecule has 24 heavy (non-hydrogen) atoms. The topological polar surface area (TPSA) is 72.7 Å². The number of nitrogens with one attached hydrogen (secondary N) is 1. The molecular formula is C18H23N5O. The van der Waals surface area contributed by atoms with Crippen LogP contribution in [0.1, 0.15) is 62.0 Å². The van der Waals surface area contributed by atoms with Gasteiger partial charge in [0.05, 0.1) is 11.7 Å². The molecule has 2 fully saturated rings. The summed E-state index contributed by atoms with van der Waals surface area (Å²) in [5, 5.41) is 7.95. The average molecular weight is 325 g/mol. The molecule has 6 nitrogen and oxygen atoms in total. The van der Waals surface area contributed by atoms with Crippen LogP contribution in [-0.2, 0) is 0 Å². The molecule has 0 aliphatic heterocycles. The predicted octanol–water partition coefficient (Wildman–Crippen LogP) is 2.81. The van der Waals surface area contributed by atoms with Crippen molar-refractivity contribution in [3.8, 4) is 0 Å². The third-order valence-corrected chi connectivity index (χ3v) is 4.97. The molecule has 126 valence electrons. The molecular weight excluding hydrogens is 302 g/mol. The molecule has 0 amide bonds. The monoisotopic (exact) mass is 325 g/mol. The van der Waals surface area contributed by atoms with Crippen molar-refractivity contribution in [3.63, 3.8) is 0 Å². The largest absolute Gasteiger partial charge is 0.367 e. The van der Waals surface area contributed by atoms with Crippen LogP contribution in [0.5, 0.6) is 0 Å². The minimum atomic E-state index is 0.00175. The second kappa shape index (κ2) is 6.34. The van der Waals surface area contributed by atoms with Gasteiger partial charge in [-0.3, -0.25) is 4.79 Å².